The van der Waals surface area contributed by atoms with E-state index >= 15 is 0 Å². The lowest BCUT2D eigenvalue weighted by molar-refractivity contribution is 0.0400. The molecule has 0 bridgehead atoms. The van der Waals surface area contributed by atoms with Gasteiger partial charge in [0.1, 0.15) is 11.4 Å². The van der Waals surface area contributed by atoms with Gasteiger partial charge in [-0.25, -0.2) is 4.79 Å². The fourth-order valence-electron chi connectivity index (χ4n) is 0.933. The summed E-state index contributed by atoms with van der Waals surface area (Å²) in [5, 5.41) is 9.17. The van der Waals surface area contributed by atoms with Gasteiger partial charge in [0.2, 0.25) is 0 Å². The number of ether oxygens (including phenoxy) is 1. The molecule has 0 saturated carbocycles. The molecule has 1 aliphatic heterocycles. The van der Waals surface area contributed by atoms with Crippen LogP contribution < -0.4 is 0 Å². The highest BCUT2D eigenvalue weighted by Gasteiger charge is 2.19. The zero-order chi connectivity index (χ0) is 11.5. The number of hydrogen-bond acceptors (Lipinski definition) is 3. The van der Waals surface area contributed by atoms with Crippen molar-refractivity contribution < 1.29 is 14.6 Å². The molecule has 0 unspecified atom stereocenters. The molecule has 0 radical (unpaired) electrons. The van der Waals surface area contributed by atoms with Crippen LogP contribution in [0.2, 0.25) is 0 Å². The molecule has 1 rings (SSSR count). The van der Waals surface area contributed by atoms with Crippen LogP contribution in [-0.2, 0) is 4.74 Å². The smallest absolute Gasteiger partial charge is 0.418 e. The molecule has 15 heavy (non-hydrogen) atoms. The second-order valence-corrected chi connectivity index (χ2v) is 4.14. The minimum atomic E-state index is -0.527. The lowest BCUT2D eigenvalue weighted by Crippen LogP contribution is -2.30. The Kier molecular flexibility index (Phi) is 3.19. The van der Waals surface area contributed by atoms with Gasteiger partial charge in [-0.2, -0.15) is 0 Å². The maximum Gasteiger partial charge on any atom is 0.418 e. The number of hydrogen-bond donors (Lipinski definition) is 1. The summed E-state index contributed by atoms with van der Waals surface area (Å²) in [5.74, 6) is 0.0947. The number of aliphatic hydroxyl groups is 1. The van der Waals surface area contributed by atoms with Crippen molar-refractivity contribution in [2.45, 2.75) is 26.4 Å². The predicted molar refractivity (Wildman–Crippen MR) is 57.1 cm³/mol. The zero-order valence-electron chi connectivity index (χ0n) is 9.10. The zero-order valence-corrected chi connectivity index (χ0v) is 9.10. The molecule has 0 atom stereocenters. The Bertz CT molecular complexity index is 334. The normalized spacial score (nSPS) is 15.9. The van der Waals surface area contributed by atoms with Crippen LogP contribution in [0, 0.1) is 0 Å². The summed E-state index contributed by atoms with van der Waals surface area (Å²) in [5.41, 5.74) is -0.527. The van der Waals surface area contributed by atoms with E-state index in [1.54, 1.807) is 26.8 Å². The van der Waals surface area contributed by atoms with E-state index in [1.807, 2.05) is 0 Å². The molecule has 0 aromatic heterocycles. The van der Waals surface area contributed by atoms with Gasteiger partial charge in [-0.1, -0.05) is 0 Å². The maximum absolute atomic E-state index is 11.6. The SMILES string of the molecule is CC(C)(C)OC(=O)N1C=CC=C(O)C=C1. The molecular weight excluding hydrogens is 194 g/mol. The summed E-state index contributed by atoms with van der Waals surface area (Å²) in [6, 6.07) is 0. The van der Waals surface area contributed by atoms with Gasteiger partial charge in [-0.3, -0.25) is 4.90 Å². The first-order valence-electron chi connectivity index (χ1n) is 4.65. The van der Waals surface area contributed by atoms with Crippen LogP contribution in [0.25, 0.3) is 0 Å². The number of nitrogens with zero attached hydrogens (tertiary/aromatic N) is 1. The van der Waals surface area contributed by atoms with Crippen molar-refractivity contribution in [2.75, 3.05) is 0 Å². The van der Waals surface area contributed by atoms with Crippen LogP contribution in [0.1, 0.15) is 20.8 Å². The Morgan fingerprint density at radius 1 is 1.40 bits per heavy atom. The molecular formula is C11H15NO3. The van der Waals surface area contributed by atoms with Crippen LogP contribution in [0.4, 0.5) is 4.79 Å². The summed E-state index contributed by atoms with van der Waals surface area (Å²) in [7, 11) is 0. The van der Waals surface area contributed by atoms with Crippen LogP contribution in [0.3, 0.4) is 0 Å². The lowest BCUT2D eigenvalue weighted by Gasteiger charge is -2.22. The summed E-state index contributed by atoms with van der Waals surface area (Å²) in [6.07, 6.45) is 6.97. The van der Waals surface area contributed by atoms with E-state index in [0.29, 0.717) is 0 Å². The van der Waals surface area contributed by atoms with Gasteiger partial charge in [-0.05, 0) is 39.0 Å². The highest BCUT2D eigenvalue weighted by Crippen LogP contribution is 2.12. The van der Waals surface area contributed by atoms with Gasteiger partial charge in [0.05, 0.1) is 0 Å². The Labute approximate surface area is 89.1 Å². The van der Waals surface area contributed by atoms with Crippen LogP contribution in [0.5, 0.6) is 0 Å². The average molecular weight is 209 g/mol. The van der Waals surface area contributed by atoms with E-state index in [9.17, 15) is 4.79 Å². The fraction of sp³-hybridized carbons (Fsp3) is 0.364. The van der Waals surface area contributed by atoms with Gasteiger partial charge in [0.25, 0.3) is 0 Å². The van der Waals surface area contributed by atoms with Crippen molar-refractivity contribution in [1.29, 1.82) is 0 Å². The molecule has 1 heterocycles. The van der Waals surface area contributed by atoms with E-state index in [-0.39, 0.29) is 5.76 Å². The molecule has 0 fully saturated rings. The molecule has 1 N–H and O–H groups in total. The second kappa shape index (κ2) is 4.21. The first-order chi connectivity index (χ1) is 6.88. The first kappa shape index (κ1) is 11.4. The van der Waals surface area contributed by atoms with Gasteiger partial charge in [0.15, 0.2) is 0 Å². The van der Waals surface area contributed by atoms with Gasteiger partial charge < -0.3 is 9.84 Å². The number of carbonyl (C=O) groups is 1. The summed E-state index contributed by atoms with van der Waals surface area (Å²) in [6.45, 7) is 5.39. The maximum atomic E-state index is 11.6. The van der Waals surface area contributed by atoms with Crippen molar-refractivity contribution in [1.82, 2.24) is 4.90 Å². The third-order valence-corrected chi connectivity index (χ3v) is 1.52. The number of aliphatic hydroxyl groups excluding tert-OH is 1. The molecule has 0 spiro atoms. The third kappa shape index (κ3) is 3.89. The van der Waals surface area contributed by atoms with Gasteiger partial charge >= 0.3 is 6.09 Å². The summed E-state index contributed by atoms with van der Waals surface area (Å²) >= 11 is 0. The van der Waals surface area contributed by atoms with Crippen molar-refractivity contribution in [3.05, 3.63) is 36.4 Å². The lowest BCUT2D eigenvalue weighted by atomic mass is 10.2. The van der Waals surface area contributed by atoms with E-state index in [2.05, 4.69) is 0 Å². The number of allylic oxidation sites excluding steroid dienone is 3. The Morgan fingerprint density at radius 3 is 2.67 bits per heavy atom. The third-order valence-electron chi connectivity index (χ3n) is 1.52. The van der Waals surface area contributed by atoms with E-state index in [1.165, 1.54) is 29.5 Å². The molecule has 1 amide bonds. The molecule has 0 saturated heterocycles. The fourth-order valence-corrected chi connectivity index (χ4v) is 0.933. The highest BCUT2D eigenvalue weighted by molar-refractivity contribution is 5.71. The molecule has 1 aliphatic rings. The monoisotopic (exact) mass is 209 g/mol. The van der Waals surface area contributed by atoms with Crippen LogP contribution in [-0.4, -0.2) is 21.7 Å². The molecule has 0 aromatic carbocycles. The number of amides is 1. The van der Waals surface area contributed by atoms with Crippen molar-refractivity contribution >= 4 is 6.09 Å². The molecule has 4 nitrogen and oxygen atoms in total. The van der Waals surface area contributed by atoms with Crippen LogP contribution >= 0.6 is 0 Å². The largest absolute Gasteiger partial charge is 0.508 e. The van der Waals surface area contributed by atoms with Crippen molar-refractivity contribution in [2.24, 2.45) is 0 Å². The number of carbonyl (C=O) groups excluding carboxylic acids is 1. The van der Waals surface area contributed by atoms with Crippen LogP contribution in [0.15, 0.2) is 36.4 Å². The Morgan fingerprint density at radius 2 is 2.07 bits per heavy atom. The minimum Gasteiger partial charge on any atom is -0.508 e. The Hall–Kier alpha value is -1.71. The van der Waals surface area contributed by atoms with Gasteiger partial charge in [-0.15, -0.1) is 0 Å². The molecule has 0 aliphatic carbocycles. The number of rotatable bonds is 0. The summed E-state index contributed by atoms with van der Waals surface area (Å²) < 4.78 is 5.15. The quantitative estimate of drug-likeness (QED) is 0.667. The summed E-state index contributed by atoms with van der Waals surface area (Å²) in [4.78, 5) is 12.8. The topological polar surface area (TPSA) is 49.8 Å². The molecule has 0 aromatic rings. The molecule has 82 valence electrons. The van der Waals surface area contributed by atoms with E-state index in [4.69, 9.17) is 9.84 Å². The van der Waals surface area contributed by atoms with Crippen molar-refractivity contribution in [3.8, 4) is 0 Å². The first-order valence-corrected chi connectivity index (χ1v) is 4.65. The van der Waals surface area contributed by atoms with E-state index < -0.39 is 11.7 Å². The van der Waals surface area contributed by atoms with Crippen molar-refractivity contribution in [3.63, 3.8) is 0 Å². The minimum absolute atomic E-state index is 0.0947. The van der Waals surface area contributed by atoms with E-state index in [0.717, 1.165) is 0 Å². The predicted octanol–water partition coefficient (Wildman–Crippen LogP) is 2.71. The second-order valence-electron chi connectivity index (χ2n) is 4.14. The molecule has 4 heteroatoms. The Balaban J connectivity index is 2.67. The highest BCUT2D eigenvalue weighted by atomic mass is 16.6. The van der Waals surface area contributed by atoms with Gasteiger partial charge in [0, 0.05) is 12.4 Å². The standard InChI is InChI=1S/C11H15NO3/c1-11(2,3)15-10(14)12-7-4-5-9(13)6-8-12/h4-8,13H,1-3H3. The average Bonchev–Trinajstić information content (AvgIpc) is 2.26.